The SMILES string of the molecule is CCCCOC(=O)CCCC=CCC1C(CC[C@@H](O)CCc2ccccc2)[C@H](O)C[C@@H]1O. The second kappa shape index (κ2) is 15.2. The molecule has 3 N–H and O–H groups in total. The number of esters is 1. The van der Waals surface area contributed by atoms with E-state index in [9.17, 15) is 20.1 Å². The summed E-state index contributed by atoms with van der Waals surface area (Å²) in [5, 5.41) is 31.2. The summed E-state index contributed by atoms with van der Waals surface area (Å²) in [6.07, 6.45) is 10.7. The molecule has 1 aliphatic rings. The van der Waals surface area contributed by atoms with Crippen molar-refractivity contribution in [1.29, 1.82) is 0 Å². The van der Waals surface area contributed by atoms with Crippen molar-refractivity contribution in [3.63, 3.8) is 0 Å². The minimum absolute atomic E-state index is 0.00886. The van der Waals surface area contributed by atoms with E-state index in [1.165, 1.54) is 5.56 Å². The first kappa shape index (κ1) is 26.6. The summed E-state index contributed by atoms with van der Waals surface area (Å²) in [5.74, 6) is -0.108. The van der Waals surface area contributed by atoms with Crippen molar-refractivity contribution in [3.05, 3.63) is 48.0 Å². The van der Waals surface area contributed by atoms with Crippen molar-refractivity contribution in [2.75, 3.05) is 6.61 Å². The van der Waals surface area contributed by atoms with Crippen molar-refractivity contribution in [2.24, 2.45) is 11.8 Å². The van der Waals surface area contributed by atoms with Crippen molar-refractivity contribution < 1.29 is 24.9 Å². The van der Waals surface area contributed by atoms with E-state index in [-0.39, 0.29) is 17.8 Å². The molecular weight excluding hydrogens is 404 g/mol. The quantitative estimate of drug-likeness (QED) is 0.209. The smallest absolute Gasteiger partial charge is 0.305 e. The second-order valence-corrected chi connectivity index (χ2v) is 9.13. The number of aliphatic hydroxyl groups is 3. The van der Waals surface area contributed by atoms with Crippen molar-refractivity contribution >= 4 is 5.97 Å². The fourth-order valence-corrected chi connectivity index (χ4v) is 4.55. The third-order valence-electron chi connectivity index (χ3n) is 6.55. The number of hydrogen-bond acceptors (Lipinski definition) is 5. The summed E-state index contributed by atoms with van der Waals surface area (Å²) in [4.78, 5) is 11.6. The Balaban J connectivity index is 1.67. The lowest BCUT2D eigenvalue weighted by Crippen LogP contribution is -2.23. The normalized spacial score (nSPS) is 24.1. The van der Waals surface area contributed by atoms with E-state index in [0.717, 1.165) is 38.5 Å². The Morgan fingerprint density at radius 3 is 2.59 bits per heavy atom. The fourth-order valence-electron chi connectivity index (χ4n) is 4.55. The number of benzene rings is 1. The Hall–Kier alpha value is -1.69. The summed E-state index contributed by atoms with van der Waals surface area (Å²) in [5.41, 5.74) is 1.22. The molecule has 2 rings (SSSR count). The topological polar surface area (TPSA) is 87.0 Å². The molecule has 0 radical (unpaired) electrons. The maximum Gasteiger partial charge on any atom is 0.305 e. The van der Waals surface area contributed by atoms with Gasteiger partial charge in [-0.2, -0.15) is 0 Å². The molecule has 0 aromatic heterocycles. The number of carbonyl (C=O) groups is 1. The molecule has 5 heteroatoms. The molecule has 0 aliphatic heterocycles. The Kier molecular flexibility index (Phi) is 12.6. The molecule has 0 spiro atoms. The zero-order chi connectivity index (χ0) is 23.2. The molecule has 2 unspecified atom stereocenters. The van der Waals surface area contributed by atoms with Crippen LogP contribution in [0.2, 0.25) is 0 Å². The monoisotopic (exact) mass is 446 g/mol. The highest BCUT2D eigenvalue weighted by Crippen LogP contribution is 2.38. The first-order valence-electron chi connectivity index (χ1n) is 12.4. The van der Waals surface area contributed by atoms with Crippen LogP contribution in [0.1, 0.15) is 76.7 Å². The van der Waals surface area contributed by atoms with Gasteiger partial charge in [-0.1, -0.05) is 55.8 Å². The molecule has 1 fully saturated rings. The number of rotatable bonds is 15. The highest BCUT2D eigenvalue weighted by Gasteiger charge is 2.40. The lowest BCUT2D eigenvalue weighted by molar-refractivity contribution is -0.143. The van der Waals surface area contributed by atoms with Gasteiger partial charge in [-0.15, -0.1) is 0 Å². The van der Waals surface area contributed by atoms with Crippen LogP contribution in [0.25, 0.3) is 0 Å². The zero-order valence-corrected chi connectivity index (χ0v) is 19.6. The molecule has 0 amide bonds. The van der Waals surface area contributed by atoms with E-state index in [0.29, 0.717) is 38.7 Å². The molecule has 0 bridgehead atoms. The third-order valence-corrected chi connectivity index (χ3v) is 6.55. The molecule has 0 saturated heterocycles. The average molecular weight is 447 g/mol. The van der Waals surface area contributed by atoms with E-state index < -0.39 is 18.3 Å². The molecule has 1 aromatic carbocycles. The zero-order valence-electron chi connectivity index (χ0n) is 19.6. The van der Waals surface area contributed by atoms with Gasteiger partial charge in [0.15, 0.2) is 0 Å². The van der Waals surface area contributed by atoms with Gasteiger partial charge in [-0.05, 0) is 75.2 Å². The molecule has 0 heterocycles. The van der Waals surface area contributed by atoms with E-state index in [2.05, 4.69) is 31.2 Å². The third kappa shape index (κ3) is 9.85. The Morgan fingerprint density at radius 1 is 1.09 bits per heavy atom. The van der Waals surface area contributed by atoms with Crippen LogP contribution in [0.15, 0.2) is 42.5 Å². The van der Waals surface area contributed by atoms with E-state index in [4.69, 9.17) is 4.74 Å². The highest BCUT2D eigenvalue weighted by atomic mass is 16.5. The Morgan fingerprint density at radius 2 is 1.84 bits per heavy atom. The summed E-state index contributed by atoms with van der Waals surface area (Å²) in [6.45, 7) is 2.58. The number of aryl methyl sites for hydroxylation is 1. The molecule has 1 saturated carbocycles. The molecule has 5 atom stereocenters. The van der Waals surface area contributed by atoms with Crippen LogP contribution < -0.4 is 0 Å². The summed E-state index contributed by atoms with van der Waals surface area (Å²) >= 11 is 0. The predicted molar refractivity (Wildman–Crippen MR) is 127 cm³/mol. The van der Waals surface area contributed by atoms with Gasteiger partial charge in [-0.3, -0.25) is 4.79 Å². The van der Waals surface area contributed by atoms with Crippen LogP contribution in [-0.2, 0) is 16.0 Å². The molecular formula is C27H42O5. The van der Waals surface area contributed by atoms with E-state index in [1.807, 2.05) is 18.2 Å². The predicted octanol–water partition coefficient (Wildman–Crippen LogP) is 4.58. The van der Waals surface area contributed by atoms with Crippen molar-refractivity contribution in [2.45, 2.75) is 95.9 Å². The van der Waals surface area contributed by atoms with Gasteiger partial charge in [0.05, 0.1) is 24.9 Å². The maximum absolute atomic E-state index is 11.6. The van der Waals surface area contributed by atoms with Crippen LogP contribution in [0.4, 0.5) is 0 Å². The first-order chi connectivity index (χ1) is 15.5. The lowest BCUT2D eigenvalue weighted by Gasteiger charge is -2.23. The van der Waals surface area contributed by atoms with Crippen molar-refractivity contribution in [3.8, 4) is 0 Å². The molecule has 180 valence electrons. The highest BCUT2D eigenvalue weighted by molar-refractivity contribution is 5.69. The van der Waals surface area contributed by atoms with Gasteiger partial charge < -0.3 is 20.1 Å². The van der Waals surface area contributed by atoms with E-state index >= 15 is 0 Å². The number of carbonyl (C=O) groups excluding carboxylic acids is 1. The summed E-state index contributed by atoms with van der Waals surface area (Å²) in [7, 11) is 0. The molecule has 1 aliphatic carbocycles. The van der Waals surface area contributed by atoms with Crippen LogP contribution in [0.3, 0.4) is 0 Å². The first-order valence-corrected chi connectivity index (χ1v) is 12.4. The number of hydrogen-bond donors (Lipinski definition) is 3. The van der Waals surface area contributed by atoms with Gasteiger partial charge in [0.25, 0.3) is 0 Å². The molecule has 32 heavy (non-hydrogen) atoms. The van der Waals surface area contributed by atoms with Gasteiger partial charge in [0, 0.05) is 6.42 Å². The van der Waals surface area contributed by atoms with Gasteiger partial charge in [0.1, 0.15) is 0 Å². The largest absolute Gasteiger partial charge is 0.466 e. The van der Waals surface area contributed by atoms with Crippen LogP contribution in [0, 0.1) is 11.8 Å². The number of allylic oxidation sites excluding steroid dienone is 2. The molecule has 5 nitrogen and oxygen atoms in total. The standard InChI is InChI=1S/C27H42O5/c1-2-3-19-32-27(31)14-10-5-4-9-13-23-24(26(30)20-25(23)29)18-17-22(28)16-15-21-11-7-6-8-12-21/h4,6-9,11-12,22-26,28-30H,2-3,5,10,13-20H2,1H3/t22-,23?,24?,25-,26+/m0/s1. The van der Waals surface area contributed by atoms with Gasteiger partial charge in [-0.25, -0.2) is 0 Å². The van der Waals surface area contributed by atoms with Crippen molar-refractivity contribution in [1.82, 2.24) is 0 Å². The van der Waals surface area contributed by atoms with Crippen LogP contribution in [-0.4, -0.2) is 46.2 Å². The number of unbranched alkanes of at least 4 members (excludes halogenated alkanes) is 2. The fraction of sp³-hybridized carbons (Fsp3) is 0.667. The second-order valence-electron chi connectivity index (χ2n) is 9.13. The van der Waals surface area contributed by atoms with Crippen LogP contribution >= 0.6 is 0 Å². The van der Waals surface area contributed by atoms with Crippen LogP contribution in [0.5, 0.6) is 0 Å². The molecule has 1 aromatic rings. The van der Waals surface area contributed by atoms with Gasteiger partial charge >= 0.3 is 5.97 Å². The maximum atomic E-state index is 11.6. The lowest BCUT2D eigenvalue weighted by atomic mass is 9.85. The Labute approximate surface area is 193 Å². The Bertz CT molecular complexity index is 659. The summed E-state index contributed by atoms with van der Waals surface area (Å²) < 4.78 is 5.15. The average Bonchev–Trinajstić information content (AvgIpc) is 3.06. The van der Waals surface area contributed by atoms with Gasteiger partial charge in [0.2, 0.25) is 0 Å². The number of ether oxygens (including phenoxy) is 1. The summed E-state index contributed by atoms with van der Waals surface area (Å²) in [6, 6.07) is 10.2. The number of aliphatic hydroxyl groups excluding tert-OH is 3. The minimum atomic E-state index is -0.511. The minimum Gasteiger partial charge on any atom is -0.466 e. The van der Waals surface area contributed by atoms with E-state index in [1.54, 1.807) is 0 Å².